The van der Waals surface area contributed by atoms with E-state index in [0.29, 0.717) is 6.61 Å². The van der Waals surface area contributed by atoms with Crippen LogP contribution < -0.4 is 20.1 Å². The van der Waals surface area contributed by atoms with E-state index in [1.165, 1.54) is 5.56 Å². The van der Waals surface area contributed by atoms with Crippen LogP contribution in [0.4, 0.5) is 0 Å². The third kappa shape index (κ3) is 5.94. The van der Waals surface area contributed by atoms with Crippen molar-refractivity contribution in [3.63, 3.8) is 0 Å². The van der Waals surface area contributed by atoms with Crippen LogP contribution in [0.3, 0.4) is 0 Å². The zero-order chi connectivity index (χ0) is 15.5. The molecule has 0 atom stereocenters. The van der Waals surface area contributed by atoms with Crippen molar-refractivity contribution in [3.8, 4) is 11.5 Å². The van der Waals surface area contributed by atoms with Crippen LogP contribution in [-0.2, 0) is 6.42 Å². The van der Waals surface area contributed by atoms with Gasteiger partial charge in [0.15, 0.2) is 17.5 Å². The molecule has 0 aliphatic carbocycles. The number of aryl methyl sites for hydroxylation is 1. The first-order valence-electron chi connectivity index (χ1n) is 7.49. The van der Waals surface area contributed by atoms with E-state index in [9.17, 15) is 0 Å². The van der Waals surface area contributed by atoms with Crippen LogP contribution in [0, 0.1) is 0 Å². The lowest BCUT2D eigenvalue weighted by molar-refractivity contribution is 0.310. The molecule has 0 saturated heterocycles. The van der Waals surface area contributed by atoms with E-state index in [-0.39, 0.29) is 0 Å². The molecule has 0 bridgehead atoms. The lowest BCUT2D eigenvalue weighted by Crippen LogP contribution is -2.37. The van der Waals surface area contributed by atoms with Crippen molar-refractivity contribution in [1.29, 1.82) is 0 Å². The average Bonchev–Trinajstić information content (AvgIpc) is 2.51. The summed E-state index contributed by atoms with van der Waals surface area (Å²) >= 11 is 0. The molecule has 2 N–H and O–H groups in total. The third-order valence-corrected chi connectivity index (χ3v) is 3.03. The van der Waals surface area contributed by atoms with Crippen molar-refractivity contribution in [2.75, 3.05) is 33.9 Å². The minimum atomic E-state index is 0.639. The molecule has 0 saturated carbocycles. The normalized spacial score (nSPS) is 11.1. The summed E-state index contributed by atoms with van der Waals surface area (Å²) in [4.78, 5) is 4.14. The number of guanidine groups is 1. The topological polar surface area (TPSA) is 54.9 Å². The lowest BCUT2D eigenvalue weighted by Gasteiger charge is -2.12. The van der Waals surface area contributed by atoms with E-state index in [0.717, 1.165) is 43.4 Å². The van der Waals surface area contributed by atoms with E-state index in [1.807, 2.05) is 13.0 Å². The lowest BCUT2D eigenvalue weighted by atomic mass is 10.1. The van der Waals surface area contributed by atoms with Gasteiger partial charge < -0.3 is 20.1 Å². The van der Waals surface area contributed by atoms with Gasteiger partial charge in [-0.3, -0.25) is 4.99 Å². The highest BCUT2D eigenvalue weighted by Gasteiger charge is 2.05. The highest BCUT2D eigenvalue weighted by atomic mass is 16.5. The van der Waals surface area contributed by atoms with Crippen molar-refractivity contribution in [3.05, 3.63) is 23.8 Å². The van der Waals surface area contributed by atoms with Crippen LogP contribution in [0.25, 0.3) is 0 Å². The van der Waals surface area contributed by atoms with Crippen LogP contribution in [0.1, 0.15) is 25.8 Å². The Bertz CT molecular complexity index is 447. The Balaban J connectivity index is 2.46. The molecule has 1 rings (SSSR count). The van der Waals surface area contributed by atoms with Gasteiger partial charge in [-0.15, -0.1) is 0 Å². The smallest absolute Gasteiger partial charge is 0.190 e. The van der Waals surface area contributed by atoms with Crippen LogP contribution in [0.2, 0.25) is 0 Å². The number of nitrogens with zero attached hydrogens (tertiary/aromatic N) is 1. The first-order chi connectivity index (χ1) is 10.2. The van der Waals surface area contributed by atoms with Crippen LogP contribution in [0.5, 0.6) is 11.5 Å². The summed E-state index contributed by atoms with van der Waals surface area (Å²) in [5.74, 6) is 2.45. The number of hydrogen-bond donors (Lipinski definition) is 2. The fourth-order valence-electron chi connectivity index (χ4n) is 2.03. The highest BCUT2D eigenvalue weighted by molar-refractivity contribution is 5.79. The molecule has 0 heterocycles. The number of aliphatic imine (C=N–C) groups is 1. The fourth-order valence-corrected chi connectivity index (χ4v) is 2.03. The van der Waals surface area contributed by atoms with Crippen LogP contribution >= 0.6 is 0 Å². The van der Waals surface area contributed by atoms with Crippen molar-refractivity contribution in [2.45, 2.75) is 26.7 Å². The maximum Gasteiger partial charge on any atom is 0.190 e. The second-order valence-electron chi connectivity index (χ2n) is 4.55. The van der Waals surface area contributed by atoms with Crippen molar-refractivity contribution in [1.82, 2.24) is 10.6 Å². The number of hydrogen-bond acceptors (Lipinski definition) is 3. The van der Waals surface area contributed by atoms with Gasteiger partial charge in [-0.05, 0) is 44.4 Å². The summed E-state index contributed by atoms with van der Waals surface area (Å²) in [6.45, 7) is 6.42. The van der Waals surface area contributed by atoms with Gasteiger partial charge in [-0.1, -0.05) is 6.07 Å². The number of methoxy groups -OCH3 is 1. The van der Waals surface area contributed by atoms with Crippen LogP contribution in [-0.4, -0.2) is 39.8 Å². The monoisotopic (exact) mass is 293 g/mol. The predicted molar refractivity (Wildman–Crippen MR) is 87.5 cm³/mol. The van der Waals surface area contributed by atoms with Gasteiger partial charge in [-0.2, -0.15) is 0 Å². The van der Waals surface area contributed by atoms with E-state index >= 15 is 0 Å². The number of nitrogens with one attached hydrogen (secondary N) is 2. The Morgan fingerprint density at radius 1 is 1.19 bits per heavy atom. The highest BCUT2D eigenvalue weighted by Crippen LogP contribution is 2.28. The van der Waals surface area contributed by atoms with E-state index < -0.39 is 0 Å². The van der Waals surface area contributed by atoms with Gasteiger partial charge in [0.1, 0.15) is 0 Å². The molecule has 0 amide bonds. The van der Waals surface area contributed by atoms with Gasteiger partial charge in [-0.25, -0.2) is 0 Å². The Morgan fingerprint density at radius 2 is 2.00 bits per heavy atom. The van der Waals surface area contributed by atoms with Crippen molar-refractivity contribution < 1.29 is 9.47 Å². The molecule has 0 unspecified atom stereocenters. The maximum atomic E-state index is 5.59. The van der Waals surface area contributed by atoms with Gasteiger partial charge in [0.05, 0.1) is 13.7 Å². The molecule has 1 aromatic rings. The van der Waals surface area contributed by atoms with E-state index in [4.69, 9.17) is 9.47 Å². The molecule has 0 radical (unpaired) electrons. The summed E-state index contributed by atoms with van der Waals surface area (Å²) in [6.07, 6.45) is 2.02. The summed E-state index contributed by atoms with van der Waals surface area (Å²) < 4.78 is 10.9. The molecule has 21 heavy (non-hydrogen) atoms. The molecule has 0 fully saturated rings. The molecule has 0 aromatic heterocycles. The van der Waals surface area contributed by atoms with Gasteiger partial charge >= 0.3 is 0 Å². The molecule has 0 aliphatic rings. The first kappa shape index (κ1) is 17.1. The zero-order valence-electron chi connectivity index (χ0n) is 13.5. The van der Waals surface area contributed by atoms with E-state index in [1.54, 1.807) is 14.2 Å². The SMILES string of the molecule is CCNC(=NC)NCCCc1ccc(OC)c(OCC)c1. The Kier molecular flexibility index (Phi) is 8.09. The number of ether oxygens (including phenoxy) is 2. The molecule has 118 valence electrons. The Hall–Kier alpha value is -1.91. The second kappa shape index (κ2) is 9.91. The molecule has 0 spiro atoms. The van der Waals surface area contributed by atoms with E-state index in [2.05, 4.69) is 34.7 Å². The molecule has 5 nitrogen and oxygen atoms in total. The first-order valence-corrected chi connectivity index (χ1v) is 7.49. The van der Waals surface area contributed by atoms with Gasteiger partial charge in [0, 0.05) is 20.1 Å². The maximum absolute atomic E-state index is 5.59. The summed E-state index contributed by atoms with van der Waals surface area (Å²) in [5, 5.41) is 6.46. The molecule has 1 aromatic carbocycles. The molecule has 5 heteroatoms. The average molecular weight is 293 g/mol. The summed E-state index contributed by atoms with van der Waals surface area (Å²) in [6, 6.07) is 6.10. The number of benzene rings is 1. The molecular weight excluding hydrogens is 266 g/mol. The predicted octanol–water partition coefficient (Wildman–Crippen LogP) is 2.21. The largest absolute Gasteiger partial charge is 0.493 e. The second-order valence-corrected chi connectivity index (χ2v) is 4.55. The zero-order valence-corrected chi connectivity index (χ0v) is 13.5. The fraction of sp³-hybridized carbons (Fsp3) is 0.562. The van der Waals surface area contributed by atoms with Crippen molar-refractivity contribution >= 4 is 5.96 Å². The molecular formula is C16H27N3O2. The van der Waals surface area contributed by atoms with Crippen LogP contribution in [0.15, 0.2) is 23.2 Å². The Morgan fingerprint density at radius 3 is 2.62 bits per heavy atom. The van der Waals surface area contributed by atoms with Gasteiger partial charge in [0.2, 0.25) is 0 Å². The number of rotatable bonds is 8. The minimum Gasteiger partial charge on any atom is -0.493 e. The standard InChI is InChI=1S/C16H27N3O2/c1-5-18-16(17-3)19-11-7-8-13-9-10-14(20-4)15(12-13)21-6-2/h9-10,12H,5-8,11H2,1-4H3,(H2,17,18,19). The minimum absolute atomic E-state index is 0.639. The molecule has 0 aliphatic heterocycles. The third-order valence-electron chi connectivity index (χ3n) is 3.03. The van der Waals surface area contributed by atoms with Crippen molar-refractivity contribution in [2.24, 2.45) is 4.99 Å². The quantitative estimate of drug-likeness (QED) is 0.438. The summed E-state index contributed by atoms with van der Waals surface area (Å²) in [5.41, 5.74) is 1.25. The summed E-state index contributed by atoms with van der Waals surface area (Å²) in [7, 11) is 3.44. The van der Waals surface area contributed by atoms with Gasteiger partial charge in [0.25, 0.3) is 0 Å². The Labute approximate surface area is 127 Å².